The third-order valence-electron chi connectivity index (χ3n) is 4.04. The molecule has 5 heteroatoms. The Bertz CT molecular complexity index is 514. The van der Waals surface area contributed by atoms with Crippen molar-refractivity contribution in [3.8, 4) is 0 Å². The lowest BCUT2D eigenvalue weighted by atomic mass is 9.73. The molecule has 0 radical (unpaired) electrons. The van der Waals surface area contributed by atoms with Crippen LogP contribution in [-0.4, -0.2) is 30.0 Å². The number of hydrogen-bond donors (Lipinski definition) is 1. The Hall–Kier alpha value is -2.04. The van der Waals surface area contributed by atoms with Crippen molar-refractivity contribution in [1.82, 2.24) is 4.90 Å². The van der Waals surface area contributed by atoms with Crippen LogP contribution in [0.4, 0.5) is 4.79 Å². The first-order valence-corrected chi connectivity index (χ1v) is 7.15. The van der Waals surface area contributed by atoms with Gasteiger partial charge >= 0.3 is 6.09 Å². The van der Waals surface area contributed by atoms with Gasteiger partial charge in [0, 0.05) is 19.0 Å². The molecule has 1 saturated heterocycles. The molecule has 0 saturated carbocycles. The molecule has 1 fully saturated rings. The highest BCUT2D eigenvalue weighted by Crippen LogP contribution is 2.34. The maximum Gasteiger partial charge on any atom is 0.410 e. The van der Waals surface area contributed by atoms with Crippen LogP contribution in [0.5, 0.6) is 0 Å². The Balaban J connectivity index is 1.91. The summed E-state index contributed by atoms with van der Waals surface area (Å²) in [5.74, 6) is -0.493. The van der Waals surface area contributed by atoms with E-state index in [1.165, 1.54) is 0 Å². The summed E-state index contributed by atoms with van der Waals surface area (Å²) in [6.45, 7) is 5.16. The van der Waals surface area contributed by atoms with E-state index in [2.05, 4.69) is 0 Å². The first kappa shape index (κ1) is 15.4. The molecule has 1 unspecified atom stereocenters. The van der Waals surface area contributed by atoms with E-state index in [1.54, 1.807) is 4.90 Å². The summed E-state index contributed by atoms with van der Waals surface area (Å²) in [6.07, 6.45) is 0.248. The number of primary amides is 1. The molecule has 0 bridgehead atoms. The van der Waals surface area contributed by atoms with Crippen LogP contribution in [0.15, 0.2) is 30.3 Å². The largest absolute Gasteiger partial charge is 0.445 e. The summed E-state index contributed by atoms with van der Waals surface area (Å²) in [7, 11) is 0. The number of benzene rings is 1. The maximum absolute atomic E-state index is 12.1. The number of nitrogens with zero attached hydrogens (tertiary/aromatic N) is 1. The van der Waals surface area contributed by atoms with Gasteiger partial charge in [0.1, 0.15) is 6.61 Å². The molecule has 5 nitrogen and oxygen atoms in total. The lowest BCUT2D eigenvalue weighted by Crippen LogP contribution is -2.51. The summed E-state index contributed by atoms with van der Waals surface area (Å²) >= 11 is 0. The number of hydrogen-bond acceptors (Lipinski definition) is 3. The Morgan fingerprint density at radius 1 is 1.33 bits per heavy atom. The maximum atomic E-state index is 12.1. The minimum Gasteiger partial charge on any atom is -0.445 e. The van der Waals surface area contributed by atoms with Crippen LogP contribution in [0.3, 0.4) is 0 Å². The van der Waals surface area contributed by atoms with E-state index < -0.39 is 0 Å². The summed E-state index contributed by atoms with van der Waals surface area (Å²) in [6, 6.07) is 9.56. The van der Waals surface area contributed by atoms with E-state index >= 15 is 0 Å². The van der Waals surface area contributed by atoms with Gasteiger partial charge in [-0.25, -0.2) is 4.79 Å². The van der Waals surface area contributed by atoms with Gasteiger partial charge in [-0.2, -0.15) is 0 Å². The van der Waals surface area contributed by atoms with Crippen molar-refractivity contribution in [3.05, 3.63) is 35.9 Å². The van der Waals surface area contributed by atoms with Gasteiger partial charge in [-0.3, -0.25) is 4.79 Å². The van der Waals surface area contributed by atoms with E-state index in [0.29, 0.717) is 19.5 Å². The van der Waals surface area contributed by atoms with Gasteiger partial charge in [0.15, 0.2) is 0 Å². The van der Waals surface area contributed by atoms with Gasteiger partial charge in [0.05, 0.1) is 0 Å². The first-order valence-electron chi connectivity index (χ1n) is 7.15. The van der Waals surface area contributed by atoms with Crippen LogP contribution in [0, 0.1) is 11.3 Å². The number of nitrogens with two attached hydrogens (primary N) is 1. The summed E-state index contributed by atoms with van der Waals surface area (Å²) in [4.78, 5) is 25.2. The van der Waals surface area contributed by atoms with Crippen molar-refractivity contribution in [2.45, 2.75) is 26.9 Å². The SMILES string of the molecule is CC1(C)CN(C(=O)OCc2ccccc2)CCC1C(N)=O. The number of ether oxygens (including phenoxy) is 1. The minimum absolute atomic E-state index is 0.198. The van der Waals surface area contributed by atoms with E-state index in [0.717, 1.165) is 5.56 Å². The zero-order chi connectivity index (χ0) is 15.5. The van der Waals surface area contributed by atoms with E-state index in [-0.39, 0.29) is 29.9 Å². The van der Waals surface area contributed by atoms with Gasteiger partial charge in [-0.1, -0.05) is 44.2 Å². The quantitative estimate of drug-likeness (QED) is 0.927. The van der Waals surface area contributed by atoms with Crippen molar-refractivity contribution >= 4 is 12.0 Å². The van der Waals surface area contributed by atoms with E-state index in [4.69, 9.17) is 10.5 Å². The number of rotatable bonds is 3. The van der Waals surface area contributed by atoms with Crippen molar-refractivity contribution in [2.75, 3.05) is 13.1 Å². The van der Waals surface area contributed by atoms with E-state index in [1.807, 2.05) is 44.2 Å². The van der Waals surface area contributed by atoms with Crippen LogP contribution in [0.25, 0.3) is 0 Å². The molecule has 0 aromatic heterocycles. The van der Waals surface area contributed by atoms with Crippen molar-refractivity contribution < 1.29 is 14.3 Å². The van der Waals surface area contributed by atoms with Crippen LogP contribution >= 0.6 is 0 Å². The first-order chi connectivity index (χ1) is 9.90. The Morgan fingerprint density at radius 2 is 2.00 bits per heavy atom. The number of piperidine rings is 1. The van der Waals surface area contributed by atoms with Crippen molar-refractivity contribution in [1.29, 1.82) is 0 Å². The topological polar surface area (TPSA) is 72.6 Å². The van der Waals surface area contributed by atoms with Gasteiger partial charge in [-0.15, -0.1) is 0 Å². The summed E-state index contributed by atoms with van der Waals surface area (Å²) < 4.78 is 5.33. The molecule has 1 aliphatic heterocycles. The molecule has 1 heterocycles. The van der Waals surface area contributed by atoms with Gasteiger partial charge < -0.3 is 15.4 Å². The smallest absolute Gasteiger partial charge is 0.410 e. The summed E-state index contributed by atoms with van der Waals surface area (Å²) in [5.41, 5.74) is 6.06. The second-order valence-electron chi connectivity index (χ2n) is 6.19. The Kier molecular flexibility index (Phi) is 4.50. The highest BCUT2D eigenvalue weighted by atomic mass is 16.6. The second kappa shape index (κ2) is 6.16. The predicted octanol–water partition coefficient (Wildman–Crippen LogP) is 2.16. The molecule has 1 aromatic carbocycles. The normalized spacial score (nSPS) is 20.9. The van der Waals surface area contributed by atoms with Crippen LogP contribution in [0.2, 0.25) is 0 Å². The standard InChI is InChI=1S/C16H22N2O3/c1-16(2)11-18(9-8-13(16)14(17)19)15(20)21-10-12-6-4-3-5-7-12/h3-7,13H,8-11H2,1-2H3,(H2,17,19). The molecular weight excluding hydrogens is 268 g/mol. The number of likely N-dealkylation sites (tertiary alicyclic amines) is 1. The molecule has 2 N–H and O–H groups in total. The molecule has 114 valence electrons. The third kappa shape index (κ3) is 3.74. The van der Waals surface area contributed by atoms with Gasteiger partial charge in [0.2, 0.25) is 5.91 Å². The molecule has 2 amide bonds. The fourth-order valence-corrected chi connectivity index (χ4v) is 2.85. The lowest BCUT2D eigenvalue weighted by molar-refractivity contribution is -0.128. The predicted molar refractivity (Wildman–Crippen MR) is 79.3 cm³/mol. The molecule has 21 heavy (non-hydrogen) atoms. The van der Waals surface area contributed by atoms with E-state index in [9.17, 15) is 9.59 Å². The average Bonchev–Trinajstić information content (AvgIpc) is 2.44. The highest BCUT2D eigenvalue weighted by Gasteiger charge is 2.40. The molecule has 2 rings (SSSR count). The van der Waals surface area contributed by atoms with Gasteiger partial charge in [-0.05, 0) is 17.4 Å². The fraction of sp³-hybridized carbons (Fsp3) is 0.500. The molecule has 0 spiro atoms. The zero-order valence-corrected chi connectivity index (χ0v) is 12.5. The van der Waals surface area contributed by atoms with Crippen LogP contribution in [-0.2, 0) is 16.1 Å². The molecule has 1 aromatic rings. The van der Waals surface area contributed by atoms with Crippen LogP contribution < -0.4 is 5.73 Å². The number of carbonyl (C=O) groups is 2. The molecule has 1 atom stereocenters. The van der Waals surface area contributed by atoms with Crippen molar-refractivity contribution in [2.24, 2.45) is 17.1 Å². The van der Waals surface area contributed by atoms with Crippen LogP contribution in [0.1, 0.15) is 25.8 Å². The fourth-order valence-electron chi connectivity index (χ4n) is 2.85. The number of carbonyl (C=O) groups excluding carboxylic acids is 2. The Morgan fingerprint density at radius 3 is 2.57 bits per heavy atom. The highest BCUT2D eigenvalue weighted by molar-refractivity contribution is 5.78. The minimum atomic E-state index is -0.338. The Labute approximate surface area is 125 Å². The van der Waals surface area contributed by atoms with Crippen molar-refractivity contribution in [3.63, 3.8) is 0 Å². The molecule has 0 aliphatic carbocycles. The third-order valence-corrected chi connectivity index (χ3v) is 4.04. The monoisotopic (exact) mass is 290 g/mol. The lowest BCUT2D eigenvalue weighted by Gasteiger charge is -2.42. The average molecular weight is 290 g/mol. The molecule has 1 aliphatic rings. The number of amides is 2. The summed E-state index contributed by atoms with van der Waals surface area (Å²) in [5, 5.41) is 0. The molecular formula is C16H22N2O3. The van der Waals surface area contributed by atoms with Gasteiger partial charge in [0.25, 0.3) is 0 Å². The zero-order valence-electron chi connectivity index (χ0n) is 12.5. The second-order valence-corrected chi connectivity index (χ2v) is 6.19.